The van der Waals surface area contributed by atoms with Crippen LogP contribution in [0.25, 0.3) is 0 Å². The predicted octanol–water partition coefficient (Wildman–Crippen LogP) is 3.79. The highest BCUT2D eigenvalue weighted by atomic mass is 35.5. The van der Waals surface area contributed by atoms with Crippen LogP contribution in [-0.4, -0.2) is 6.04 Å². The first-order valence-electron chi connectivity index (χ1n) is 5.74. The van der Waals surface area contributed by atoms with Crippen molar-refractivity contribution in [1.29, 1.82) is 0 Å². The molecule has 2 atom stereocenters. The van der Waals surface area contributed by atoms with Crippen molar-refractivity contribution in [2.75, 3.05) is 0 Å². The van der Waals surface area contributed by atoms with E-state index in [0.29, 0.717) is 17.9 Å². The molecule has 0 saturated heterocycles. The van der Waals surface area contributed by atoms with E-state index in [-0.39, 0.29) is 16.9 Å². The Morgan fingerprint density at radius 1 is 1.44 bits per heavy atom. The predicted molar refractivity (Wildman–Crippen MR) is 67.2 cm³/mol. The van der Waals surface area contributed by atoms with Crippen molar-refractivity contribution in [3.8, 4) is 0 Å². The zero-order valence-electron chi connectivity index (χ0n) is 9.84. The molecule has 0 radical (unpaired) electrons. The third-order valence-electron chi connectivity index (χ3n) is 2.96. The van der Waals surface area contributed by atoms with Crippen LogP contribution in [0.4, 0.5) is 4.39 Å². The molecule has 0 heterocycles. The molecule has 1 aromatic rings. The summed E-state index contributed by atoms with van der Waals surface area (Å²) >= 11 is 5.72. The molecule has 0 aromatic heterocycles. The Labute approximate surface area is 102 Å². The molecule has 0 aliphatic heterocycles. The van der Waals surface area contributed by atoms with Gasteiger partial charge in [-0.1, -0.05) is 44.0 Å². The van der Waals surface area contributed by atoms with Gasteiger partial charge in [0.25, 0.3) is 0 Å². The number of halogens is 2. The first kappa shape index (κ1) is 13.5. The summed E-state index contributed by atoms with van der Waals surface area (Å²) in [4.78, 5) is 0. The lowest BCUT2D eigenvalue weighted by Crippen LogP contribution is -2.30. The van der Waals surface area contributed by atoms with Crippen LogP contribution in [0.2, 0.25) is 5.02 Å². The summed E-state index contributed by atoms with van der Waals surface area (Å²) in [5.41, 5.74) is 6.66. The van der Waals surface area contributed by atoms with Crippen molar-refractivity contribution in [3.63, 3.8) is 0 Å². The van der Waals surface area contributed by atoms with Gasteiger partial charge in [0, 0.05) is 6.04 Å². The highest BCUT2D eigenvalue weighted by molar-refractivity contribution is 6.30. The molecule has 3 heteroatoms. The van der Waals surface area contributed by atoms with E-state index in [1.165, 1.54) is 0 Å². The molecule has 1 aromatic carbocycles. The molecule has 0 saturated carbocycles. The van der Waals surface area contributed by atoms with E-state index < -0.39 is 0 Å². The maximum atomic E-state index is 13.6. The van der Waals surface area contributed by atoms with E-state index in [4.69, 9.17) is 17.3 Å². The molecule has 0 amide bonds. The van der Waals surface area contributed by atoms with Gasteiger partial charge in [0.05, 0.1) is 5.02 Å². The minimum Gasteiger partial charge on any atom is -0.327 e. The van der Waals surface area contributed by atoms with E-state index >= 15 is 0 Å². The summed E-state index contributed by atoms with van der Waals surface area (Å²) in [6.07, 6.45) is 2.73. The number of hydrogen-bond acceptors (Lipinski definition) is 1. The zero-order chi connectivity index (χ0) is 12.1. The molecule has 0 fully saturated rings. The lowest BCUT2D eigenvalue weighted by atomic mass is 9.92. The van der Waals surface area contributed by atoms with E-state index in [9.17, 15) is 4.39 Å². The average Bonchev–Trinajstić information content (AvgIpc) is 2.25. The number of nitrogens with two attached hydrogens (primary N) is 1. The Kier molecular flexibility index (Phi) is 5.23. The third-order valence-corrected chi connectivity index (χ3v) is 3.25. The molecular formula is C13H19ClFN. The minimum absolute atomic E-state index is 0.00656. The van der Waals surface area contributed by atoms with Gasteiger partial charge in [-0.25, -0.2) is 4.39 Å². The molecule has 0 bridgehead atoms. The summed E-state index contributed by atoms with van der Waals surface area (Å²) in [6.45, 7) is 4.24. The molecule has 2 N–H and O–H groups in total. The van der Waals surface area contributed by atoms with Gasteiger partial charge < -0.3 is 5.73 Å². The monoisotopic (exact) mass is 243 g/mol. The summed E-state index contributed by atoms with van der Waals surface area (Å²) in [7, 11) is 0. The van der Waals surface area contributed by atoms with Crippen molar-refractivity contribution < 1.29 is 4.39 Å². The van der Waals surface area contributed by atoms with E-state index in [2.05, 4.69) is 13.8 Å². The van der Waals surface area contributed by atoms with Crippen LogP contribution in [0.15, 0.2) is 18.2 Å². The third kappa shape index (κ3) is 3.46. The van der Waals surface area contributed by atoms with Gasteiger partial charge in [0.15, 0.2) is 0 Å². The fraction of sp³-hybridized carbons (Fsp3) is 0.538. The highest BCUT2D eigenvalue weighted by Gasteiger charge is 2.15. The Hall–Kier alpha value is -0.600. The standard InChI is InChI=1S/C13H19ClFN/c1-3-5-9(2)12(16)8-10-6-4-7-11(14)13(10)15/h4,6-7,9,12H,3,5,8,16H2,1-2H3. The number of hydrogen-bond donors (Lipinski definition) is 1. The second kappa shape index (κ2) is 6.21. The van der Waals surface area contributed by atoms with Crippen molar-refractivity contribution in [1.82, 2.24) is 0 Å². The number of benzene rings is 1. The first-order valence-corrected chi connectivity index (χ1v) is 6.12. The topological polar surface area (TPSA) is 26.0 Å². The van der Waals surface area contributed by atoms with Crippen LogP contribution >= 0.6 is 11.6 Å². The van der Waals surface area contributed by atoms with Gasteiger partial charge in [0.2, 0.25) is 0 Å². The lowest BCUT2D eigenvalue weighted by Gasteiger charge is -2.19. The van der Waals surface area contributed by atoms with Crippen LogP contribution in [0.5, 0.6) is 0 Å². The first-order chi connectivity index (χ1) is 7.56. The highest BCUT2D eigenvalue weighted by Crippen LogP contribution is 2.21. The van der Waals surface area contributed by atoms with E-state index in [1.54, 1.807) is 18.2 Å². The van der Waals surface area contributed by atoms with Gasteiger partial charge in [-0.05, 0) is 30.4 Å². The van der Waals surface area contributed by atoms with Gasteiger partial charge >= 0.3 is 0 Å². The normalized spacial score (nSPS) is 14.8. The molecule has 16 heavy (non-hydrogen) atoms. The van der Waals surface area contributed by atoms with Crippen molar-refractivity contribution >= 4 is 11.6 Å². The molecule has 90 valence electrons. The van der Waals surface area contributed by atoms with Crippen LogP contribution in [0.3, 0.4) is 0 Å². The van der Waals surface area contributed by atoms with Crippen LogP contribution in [0, 0.1) is 11.7 Å². The number of rotatable bonds is 5. The molecule has 1 nitrogen and oxygen atoms in total. The largest absolute Gasteiger partial charge is 0.327 e. The van der Waals surface area contributed by atoms with Crippen LogP contribution in [0.1, 0.15) is 32.3 Å². The fourth-order valence-corrected chi connectivity index (χ4v) is 2.02. The van der Waals surface area contributed by atoms with Crippen molar-refractivity contribution in [2.24, 2.45) is 11.7 Å². The summed E-state index contributed by atoms with van der Waals surface area (Å²) in [5, 5.41) is 0.174. The van der Waals surface area contributed by atoms with E-state index in [0.717, 1.165) is 12.8 Å². The minimum atomic E-state index is -0.330. The van der Waals surface area contributed by atoms with Gasteiger partial charge in [0.1, 0.15) is 5.82 Å². The van der Waals surface area contributed by atoms with Gasteiger partial charge in [-0.2, -0.15) is 0 Å². The summed E-state index contributed by atoms with van der Waals surface area (Å²) in [6, 6.07) is 5.06. The summed E-state index contributed by atoms with van der Waals surface area (Å²) in [5.74, 6) is 0.0756. The molecule has 0 spiro atoms. The van der Waals surface area contributed by atoms with Crippen LogP contribution in [-0.2, 0) is 6.42 Å². The maximum Gasteiger partial charge on any atom is 0.145 e. The molecule has 0 aliphatic carbocycles. The molecular weight excluding hydrogens is 225 g/mol. The Morgan fingerprint density at radius 3 is 2.75 bits per heavy atom. The Balaban J connectivity index is 2.69. The second-order valence-corrected chi connectivity index (χ2v) is 4.75. The lowest BCUT2D eigenvalue weighted by molar-refractivity contribution is 0.415. The summed E-state index contributed by atoms with van der Waals surface area (Å²) < 4.78 is 13.6. The fourth-order valence-electron chi connectivity index (χ4n) is 1.83. The zero-order valence-corrected chi connectivity index (χ0v) is 10.6. The Morgan fingerprint density at radius 2 is 2.12 bits per heavy atom. The molecule has 1 rings (SSSR count). The van der Waals surface area contributed by atoms with Crippen LogP contribution < -0.4 is 5.73 Å². The van der Waals surface area contributed by atoms with Crippen molar-refractivity contribution in [3.05, 3.63) is 34.6 Å². The van der Waals surface area contributed by atoms with Crippen molar-refractivity contribution in [2.45, 2.75) is 39.2 Å². The average molecular weight is 244 g/mol. The molecule has 2 unspecified atom stereocenters. The SMILES string of the molecule is CCCC(C)C(N)Cc1cccc(Cl)c1F. The smallest absolute Gasteiger partial charge is 0.145 e. The molecule has 0 aliphatic rings. The quantitative estimate of drug-likeness (QED) is 0.837. The maximum absolute atomic E-state index is 13.6. The second-order valence-electron chi connectivity index (χ2n) is 4.35. The van der Waals surface area contributed by atoms with E-state index in [1.807, 2.05) is 0 Å². The van der Waals surface area contributed by atoms with Gasteiger partial charge in [-0.3, -0.25) is 0 Å². The van der Waals surface area contributed by atoms with Gasteiger partial charge in [-0.15, -0.1) is 0 Å². The Bertz CT molecular complexity index is 341.